The number of benzene rings is 1. The molecule has 0 radical (unpaired) electrons. The van der Waals surface area contributed by atoms with Crippen molar-refractivity contribution < 1.29 is 10.0 Å². The van der Waals surface area contributed by atoms with E-state index in [1.165, 1.54) is 4.40 Å². The van der Waals surface area contributed by atoms with Gasteiger partial charge in [-0.25, -0.2) is 0 Å². The van der Waals surface area contributed by atoms with E-state index in [1.54, 1.807) is 30.5 Å². The molecule has 1 fully saturated rings. The maximum atomic E-state index is 11.5. The summed E-state index contributed by atoms with van der Waals surface area (Å²) < 4.78 is 1.52. The summed E-state index contributed by atoms with van der Waals surface area (Å²) >= 11 is 0. The number of pyridine rings is 1. The number of rotatable bonds is 3. The van der Waals surface area contributed by atoms with Gasteiger partial charge in [0.05, 0.1) is 6.20 Å². The molecule has 2 aromatic heterocycles. The fourth-order valence-corrected chi connectivity index (χ4v) is 3.19. The van der Waals surface area contributed by atoms with Crippen molar-refractivity contribution in [2.45, 2.75) is 0 Å². The van der Waals surface area contributed by atoms with Gasteiger partial charge in [-0.1, -0.05) is 6.07 Å². The van der Waals surface area contributed by atoms with E-state index in [-0.39, 0.29) is 16.5 Å². The number of nitrogens with zero attached hydrogens (tertiary/aromatic N) is 5. The van der Waals surface area contributed by atoms with Crippen molar-refractivity contribution in [2.24, 2.45) is 0 Å². The molecule has 1 saturated heterocycles. The van der Waals surface area contributed by atoms with Gasteiger partial charge in [-0.3, -0.25) is 0 Å². The number of phenolic OH excluding ortho intramolecular Hbond substituents is 1. The smallest absolute Gasteiger partial charge is 0.372 e. The largest absolute Gasteiger partial charge is 0.508 e. The van der Waals surface area contributed by atoms with Crippen LogP contribution < -0.4 is 9.80 Å². The van der Waals surface area contributed by atoms with Crippen LogP contribution in [-0.4, -0.2) is 45.6 Å². The van der Waals surface area contributed by atoms with Gasteiger partial charge >= 0.3 is 5.82 Å². The van der Waals surface area contributed by atoms with Gasteiger partial charge in [-0.05, 0) is 35.3 Å². The van der Waals surface area contributed by atoms with Crippen molar-refractivity contribution in [1.82, 2.24) is 9.38 Å². The molecule has 1 aliphatic heterocycles. The van der Waals surface area contributed by atoms with Crippen LogP contribution in [0.2, 0.25) is 0 Å². The Bertz CT molecular complexity index is 914. The van der Waals surface area contributed by atoms with Gasteiger partial charge in [-0.15, -0.1) is 0 Å². The van der Waals surface area contributed by atoms with Gasteiger partial charge in [0.2, 0.25) is 11.5 Å². The predicted molar refractivity (Wildman–Crippen MR) is 94.4 cm³/mol. The minimum atomic E-state index is -0.373. The van der Waals surface area contributed by atoms with Crippen molar-refractivity contribution in [2.75, 3.05) is 36.0 Å². The minimum Gasteiger partial charge on any atom is -0.508 e. The first-order valence-electron chi connectivity index (χ1n) is 8.04. The molecule has 0 aliphatic carbocycles. The molecule has 4 rings (SSSR count). The van der Waals surface area contributed by atoms with Crippen molar-refractivity contribution in [3.63, 3.8) is 0 Å². The standard InChI is InChI=1S/C17H17N5O3/c23-14-6-4-13(5-7-14)19-9-11-20(12-10-19)16-17(22(24)25)21-8-2-1-3-15(21)18-16/h1-8,23H,9-12H2. The lowest BCUT2D eigenvalue weighted by Crippen LogP contribution is -2.46. The summed E-state index contributed by atoms with van der Waals surface area (Å²) in [5.74, 6) is 0.665. The van der Waals surface area contributed by atoms with Crippen molar-refractivity contribution in [3.05, 3.63) is 58.8 Å². The van der Waals surface area contributed by atoms with Crippen LogP contribution in [0.3, 0.4) is 0 Å². The zero-order valence-corrected chi connectivity index (χ0v) is 13.4. The molecule has 0 spiro atoms. The molecule has 3 heterocycles. The molecule has 1 N–H and O–H groups in total. The highest BCUT2D eigenvalue weighted by Gasteiger charge is 2.29. The highest BCUT2D eigenvalue weighted by molar-refractivity contribution is 5.64. The van der Waals surface area contributed by atoms with Crippen LogP contribution in [0.4, 0.5) is 17.3 Å². The van der Waals surface area contributed by atoms with Crippen molar-refractivity contribution in [3.8, 4) is 5.75 Å². The van der Waals surface area contributed by atoms with E-state index in [1.807, 2.05) is 23.1 Å². The average Bonchev–Trinajstić information content (AvgIpc) is 3.02. The molecule has 3 aromatic rings. The molecule has 0 saturated carbocycles. The first kappa shape index (κ1) is 15.3. The summed E-state index contributed by atoms with van der Waals surface area (Å²) in [5.41, 5.74) is 1.60. The van der Waals surface area contributed by atoms with Gasteiger partial charge in [0.15, 0.2) is 0 Å². The number of anilines is 2. The Balaban J connectivity index is 1.58. The maximum absolute atomic E-state index is 11.5. The molecule has 0 atom stereocenters. The Kier molecular flexibility index (Phi) is 3.64. The second-order valence-electron chi connectivity index (χ2n) is 5.94. The molecular weight excluding hydrogens is 322 g/mol. The number of nitro groups is 1. The van der Waals surface area contributed by atoms with Crippen molar-refractivity contribution >= 4 is 23.0 Å². The summed E-state index contributed by atoms with van der Waals surface area (Å²) in [4.78, 5) is 19.8. The number of aromatic hydroxyl groups is 1. The molecule has 25 heavy (non-hydrogen) atoms. The van der Waals surface area contributed by atoms with Gasteiger partial charge in [0.1, 0.15) is 5.75 Å². The molecule has 0 amide bonds. The maximum Gasteiger partial charge on any atom is 0.372 e. The Morgan fingerprint density at radius 2 is 1.68 bits per heavy atom. The van der Waals surface area contributed by atoms with Crippen LogP contribution in [-0.2, 0) is 0 Å². The van der Waals surface area contributed by atoms with Crippen LogP contribution >= 0.6 is 0 Å². The zero-order chi connectivity index (χ0) is 17.4. The van der Waals surface area contributed by atoms with Crippen LogP contribution in [0.25, 0.3) is 5.65 Å². The first-order valence-corrected chi connectivity index (χ1v) is 8.04. The van der Waals surface area contributed by atoms with Gasteiger partial charge in [0, 0.05) is 37.9 Å². The fraction of sp³-hybridized carbons (Fsp3) is 0.235. The predicted octanol–water partition coefficient (Wildman–Crippen LogP) is 2.27. The minimum absolute atomic E-state index is 0.00804. The Morgan fingerprint density at radius 3 is 2.36 bits per heavy atom. The van der Waals surface area contributed by atoms with Crippen LogP contribution in [0, 0.1) is 10.1 Å². The van der Waals surface area contributed by atoms with Gasteiger partial charge in [0.25, 0.3) is 0 Å². The molecule has 8 nitrogen and oxygen atoms in total. The summed E-state index contributed by atoms with van der Waals surface area (Å²) in [6.07, 6.45) is 1.66. The third kappa shape index (κ3) is 2.71. The topological polar surface area (TPSA) is 87.2 Å². The normalized spacial score (nSPS) is 14.9. The number of hydrogen-bond acceptors (Lipinski definition) is 6. The van der Waals surface area contributed by atoms with E-state index in [0.29, 0.717) is 24.6 Å². The second kappa shape index (κ2) is 5.97. The highest BCUT2D eigenvalue weighted by Crippen LogP contribution is 2.30. The number of phenols is 1. The highest BCUT2D eigenvalue weighted by atomic mass is 16.6. The van der Waals surface area contributed by atoms with Crippen LogP contribution in [0.15, 0.2) is 48.7 Å². The quantitative estimate of drug-likeness (QED) is 0.582. The van der Waals surface area contributed by atoms with E-state index in [2.05, 4.69) is 9.88 Å². The zero-order valence-electron chi connectivity index (χ0n) is 13.4. The first-order chi connectivity index (χ1) is 12.1. The molecule has 8 heteroatoms. The van der Waals surface area contributed by atoms with Crippen LogP contribution in [0.5, 0.6) is 5.75 Å². The summed E-state index contributed by atoms with van der Waals surface area (Å²) in [6, 6.07) is 12.4. The van der Waals surface area contributed by atoms with E-state index in [9.17, 15) is 15.2 Å². The third-order valence-corrected chi connectivity index (χ3v) is 4.45. The Hall–Kier alpha value is -3.29. The van der Waals surface area contributed by atoms with Crippen LogP contribution in [0.1, 0.15) is 0 Å². The van der Waals surface area contributed by atoms with E-state index in [4.69, 9.17) is 0 Å². The lowest BCUT2D eigenvalue weighted by atomic mass is 10.2. The van der Waals surface area contributed by atoms with E-state index < -0.39 is 0 Å². The summed E-state index contributed by atoms with van der Waals surface area (Å²) in [5, 5.41) is 20.9. The second-order valence-corrected chi connectivity index (χ2v) is 5.94. The number of fused-ring (bicyclic) bond motifs is 1. The molecule has 0 bridgehead atoms. The average molecular weight is 339 g/mol. The lowest BCUT2D eigenvalue weighted by Gasteiger charge is -2.35. The van der Waals surface area contributed by atoms with Crippen molar-refractivity contribution in [1.29, 1.82) is 0 Å². The molecule has 1 aromatic carbocycles. The molecular formula is C17H17N5O3. The van der Waals surface area contributed by atoms with E-state index in [0.717, 1.165) is 18.8 Å². The van der Waals surface area contributed by atoms with E-state index >= 15 is 0 Å². The fourth-order valence-electron chi connectivity index (χ4n) is 3.19. The Labute approximate surface area is 143 Å². The molecule has 1 aliphatic rings. The van der Waals surface area contributed by atoms with Gasteiger partial charge in [-0.2, -0.15) is 9.38 Å². The third-order valence-electron chi connectivity index (χ3n) is 4.45. The summed E-state index contributed by atoms with van der Waals surface area (Å²) in [7, 11) is 0. The number of piperazine rings is 1. The number of hydrogen-bond donors (Lipinski definition) is 1. The monoisotopic (exact) mass is 339 g/mol. The Morgan fingerprint density at radius 1 is 1.00 bits per heavy atom. The number of aromatic nitrogens is 2. The lowest BCUT2D eigenvalue weighted by molar-refractivity contribution is -0.389. The molecule has 128 valence electrons. The number of imidazole rings is 1. The molecule has 0 unspecified atom stereocenters. The SMILES string of the molecule is O=[N+]([O-])c1c(N2CCN(c3ccc(O)cc3)CC2)nc2ccccn12. The summed E-state index contributed by atoms with van der Waals surface area (Å²) in [6.45, 7) is 2.75. The van der Waals surface area contributed by atoms with Gasteiger partial charge < -0.3 is 25.0 Å².